The fourth-order valence-electron chi connectivity index (χ4n) is 1.98. The molecule has 0 amide bonds. The first kappa shape index (κ1) is 15.1. The molecule has 0 unspecified atom stereocenters. The van der Waals surface area contributed by atoms with Crippen molar-refractivity contribution in [1.29, 1.82) is 0 Å². The molecule has 0 spiro atoms. The van der Waals surface area contributed by atoms with Crippen molar-refractivity contribution in [2.75, 3.05) is 4.72 Å². The van der Waals surface area contributed by atoms with Crippen LogP contribution in [-0.2, 0) is 10.0 Å². The normalized spacial score (nSPS) is 11.8. The van der Waals surface area contributed by atoms with Crippen molar-refractivity contribution in [3.05, 3.63) is 52.0 Å². The van der Waals surface area contributed by atoms with Gasteiger partial charge in [0.15, 0.2) is 5.58 Å². The maximum atomic E-state index is 12.4. The number of nitrogens with one attached hydrogen (secondary N) is 1. The van der Waals surface area contributed by atoms with E-state index in [9.17, 15) is 8.42 Å². The molecule has 0 atom stereocenters. The van der Waals surface area contributed by atoms with E-state index in [2.05, 4.69) is 9.71 Å². The number of anilines is 1. The van der Waals surface area contributed by atoms with Crippen LogP contribution in [0, 0.1) is 6.92 Å². The Balaban J connectivity index is 2.03. The van der Waals surface area contributed by atoms with Gasteiger partial charge in [-0.1, -0.05) is 35.3 Å². The number of sulfonamides is 1. The van der Waals surface area contributed by atoms with Crippen LogP contribution >= 0.6 is 23.2 Å². The Morgan fingerprint density at radius 2 is 1.95 bits per heavy atom. The smallest absolute Gasteiger partial charge is 0.309 e. The number of fused-ring (bicyclic) bond motifs is 1. The second kappa shape index (κ2) is 5.46. The first-order valence-corrected chi connectivity index (χ1v) is 8.45. The highest BCUT2D eigenvalue weighted by Gasteiger charge is 2.21. The molecule has 0 aliphatic rings. The Hall–Kier alpha value is -1.76. The number of hydrogen-bond acceptors (Lipinski definition) is 4. The number of benzene rings is 2. The van der Waals surface area contributed by atoms with E-state index in [1.807, 2.05) is 13.0 Å². The van der Waals surface area contributed by atoms with Gasteiger partial charge in [0.1, 0.15) is 10.4 Å². The first-order chi connectivity index (χ1) is 10.4. The Labute approximate surface area is 136 Å². The van der Waals surface area contributed by atoms with Gasteiger partial charge in [0, 0.05) is 5.02 Å². The zero-order chi connectivity index (χ0) is 15.9. The van der Waals surface area contributed by atoms with Gasteiger partial charge in [-0.05, 0) is 36.8 Å². The van der Waals surface area contributed by atoms with Gasteiger partial charge in [-0.3, -0.25) is 0 Å². The molecule has 1 N–H and O–H groups in total. The molecular weight excluding hydrogens is 347 g/mol. The summed E-state index contributed by atoms with van der Waals surface area (Å²) in [5.41, 5.74) is 1.97. The van der Waals surface area contributed by atoms with Crippen LogP contribution < -0.4 is 4.72 Å². The highest BCUT2D eigenvalue weighted by molar-refractivity contribution is 7.92. The van der Waals surface area contributed by atoms with Crippen molar-refractivity contribution >= 4 is 50.3 Å². The summed E-state index contributed by atoms with van der Waals surface area (Å²) in [5, 5.41) is 0.322. The number of aromatic nitrogens is 1. The fraction of sp³-hybridized carbons (Fsp3) is 0.0714. The summed E-state index contributed by atoms with van der Waals surface area (Å²) < 4.78 is 32.4. The van der Waals surface area contributed by atoms with Crippen molar-refractivity contribution < 1.29 is 12.8 Å². The Morgan fingerprint density at radius 3 is 2.68 bits per heavy atom. The van der Waals surface area contributed by atoms with Crippen LogP contribution in [0.5, 0.6) is 0 Å². The number of aryl methyl sites for hydroxylation is 1. The summed E-state index contributed by atoms with van der Waals surface area (Å²) in [6.45, 7) is 1.86. The van der Waals surface area contributed by atoms with E-state index >= 15 is 0 Å². The molecular formula is C14H10Cl2N2O3S. The number of halogens is 2. The highest BCUT2D eigenvalue weighted by Crippen LogP contribution is 2.28. The van der Waals surface area contributed by atoms with Gasteiger partial charge >= 0.3 is 6.01 Å². The first-order valence-electron chi connectivity index (χ1n) is 6.21. The van der Waals surface area contributed by atoms with E-state index in [1.54, 1.807) is 12.1 Å². The van der Waals surface area contributed by atoms with Crippen LogP contribution in [0.3, 0.4) is 0 Å². The molecule has 3 aromatic rings. The van der Waals surface area contributed by atoms with Crippen molar-refractivity contribution in [3.8, 4) is 0 Å². The van der Waals surface area contributed by atoms with Gasteiger partial charge in [-0.15, -0.1) is 0 Å². The molecule has 0 saturated heterocycles. The number of hydrogen-bond donors (Lipinski definition) is 1. The molecule has 0 aliphatic carbocycles. The van der Waals surface area contributed by atoms with Crippen molar-refractivity contribution in [2.24, 2.45) is 0 Å². The van der Waals surface area contributed by atoms with Crippen LogP contribution in [0.4, 0.5) is 6.01 Å². The van der Waals surface area contributed by atoms with Gasteiger partial charge in [0.2, 0.25) is 0 Å². The topological polar surface area (TPSA) is 72.2 Å². The Bertz CT molecular complexity index is 967. The van der Waals surface area contributed by atoms with Crippen LogP contribution in [-0.4, -0.2) is 13.4 Å². The van der Waals surface area contributed by atoms with E-state index in [0.717, 1.165) is 5.56 Å². The van der Waals surface area contributed by atoms with Crippen molar-refractivity contribution in [3.63, 3.8) is 0 Å². The molecule has 1 heterocycles. The predicted octanol–water partition coefficient (Wildman–Crippen LogP) is 4.24. The van der Waals surface area contributed by atoms with Gasteiger partial charge in [-0.2, -0.15) is 4.98 Å². The van der Waals surface area contributed by atoms with Gasteiger partial charge in [0.05, 0.1) is 5.02 Å². The summed E-state index contributed by atoms with van der Waals surface area (Å²) in [4.78, 5) is 4.00. The molecule has 8 heteroatoms. The van der Waals surface area contributed by atoms with Crippen LogP contribution in [0.1, 0.15) is 5.56 Å². The van der Waals surface area contributed by atoms with Crippen LogP contribution in [0.15, 0.2) is 45.7 Å². The second-order valence-corrected chi connectivity index (χ2v) is 7.12. The van der Waals surface area contributed by atoms with Crippen LogP contribution in [0.25, 0.3) is 11.1 Å². The second-order valence-electron chi connectivity index (χ2n) is 4.62. The quantitative estimate of drug-likeness (QED) is 0.761. The molecule has 2 aromatic carbocycles. The molecule has 0 bridgehead atoms. The zero-order valence-corrected chi connectivity index (χ0v) is 13.6. The third-order valence-corrected chi connectivity index (χ3v) is 5.06. The van der Waals surface area contributed by atoms with E-state index < -0.39 is 10.0 Å². The maximum absolute atomic E-state index is 12.4. The lowest BCUT2D eigenvalue weighted by atomic mass is 10.2. The predicted molar refractivity (Wildman–Crippen MR) is 86.0 cm³/mol. The minimum Gasteiger partial charge on any atom is -0.423 e. The largest absolute Gasteiger partial charge is 0.423 e. The summed E-state index contributed by atoms with van der Waals surface area (Å²) in [6.07, 6.45) is 0. The van der Waals surface area contributed by atoms with Crippen LogP contribution in [0.2, 0.25) is 10.0 Å². The Kier molecular flexibility index (Phi) is 3.76. The van der Waals surface area contributed by atoms with Gasteiger partial charge in [-0.25, -0.2) is 13.1 Å². The summed E-state index contributed by atoms with van der Waals surface area (Å²) >= 11 is 11.7. The van der Waals surface area contributed by atoms with Crippen molar-refractivity contribution in [2.45, 2.75) is 11.8 Å². The van der Waals surface area contributed by atoms with E-state index in [4.69, 9.17) is 27.6 Å². The maximum Gasteiger partial charge on any atom is 0.309 e. The number of oxazole rings is 1. The summed E-state index contributed by atoms with van der Waals surface area (Å²) in [5.74, 6) is 0. The minimum atomic E-state index is -3.95. The molecule has 0 radical (unpaired) electrons. The number of para-hydroxylation sites is 1. The lowest BCUT2D eigenvalue weighted by Gasteiger charge is -2.06. The molecule has 5 nitrogen and oxygen atoms in total. The average molecular weight is 357 g/mol. The lowest BCUT2D eigenvalue weighted by Crippen LogP contribution is -2.13. The number of nitrogens with zero attached hydrogens (tertiary/aromatic N) is 1. The summed E-state index contributed by atoms with van der Waals surface area (Å²) in [6, 6.07) is 9.42. The van der Waals surface area contributed by atoms with E-state index in [0.29, 0.717) is 11.1 Å². The van der Waals surface area contributed by atoms with Gasteiger partial charge < -0.3 is 4.42 Å². The monoisotopic (exact) mass is 356 g/mol. The Morgan fingerprint density at radius 1 is 1.18 bits per heavy atom. The van der Waals surface area contributed by atoms with Crippen molar-refractivity contribution in [1.82, 2.24) is 4.98 Å². The molecule has 0 aliphatic heterocycles. The third-order valence-electron chi connectivity index (χ3n) is 3.03. The van der Waals surface area contributed by atoms with E-state index in [-0.39, 0.29) is 21.0 Å². The third kappa shape index (κ3) is 2.77. The minimum absolute atomic E-state index is 0.0594. The standard InChI is InChI=1S/C14H10Cl2N2O3S/c1-8-3-2-4-11-13(8)17-14(21-11)18-22(19,20)12-7-9(15)5-6-10(12)16/h2-7H,1H3,(H,17,18). The zero-order valence-electron chi connectivity index (χ0n) is 11.3. The number of rotatable bonds is 3. The molecule has 0 fully saturated rings. The molecule has 3 rings (SSSR count). The molecule has 0 saturated carbocycles. The molecule has 1 aromatic heterocycles. The molecule has 114 valence electrons. The summed E-state index contributed by atoms with van der Waals surface area (Å²) in [7, 11) is -3.95. The SMILES string of the molecule is Cc1cccc2oc(NS(=O)(=O)c3cc(Cl)ccc3Cl)nc12. The molecule has 22 heavy (non-hydrogen) atoms. The average Bonchev–Trinajstić information content (AvgIpc) is 2.84. The van der Waals surface area contributed by atoms with E-state index in [1.165, 1.54) is 18.2 Å². The van der Waals surface area contributed by atoms with Gasteiger partial charge in [0.25, 0.3) is 10.0 Å². The lowest BCUT2D eigenvalue weighted by molar-refractivity contribution is 0.591. The highest BCUT2D eigenvalue weighted by atomic mass is 35.5. The fourth-order valence-corrected chi connectivity index (χ4v) is 3.68.